The molecule has 0 atom stereocenters. The van der Waals surface area contributed by atoms with E-state index in [4.69, 9.17) is 0 Å². The highest BCUT2D eigenvalue weighted by Gasteiger charge is 2.06. The van der Waals surface area contributed by atoms with Crippen LogP contribution in [-0.2, 0) is 0 Å². The summed E-state index contributed by atoms with van der Waals surface area (Å²) in [5.74, 6) is -0.199. The van der Waals surface area contributed by atoms with Gasteiger partial charge in [-0.05, 0) is 46.3 Å². The maximum atomic E-state index is 11.7. The summed E-state index contributed by atoms with van der Waals surface area (Å²) in [7, 11) is 0. The fraction of sp³-hybridized carbons (Fsp3) is 0. The smallest absolute Gasteiger partial charge is 0.281 e. The lowest BCUT2D eigenvalue weighted by molar-refractivity contribution is 0.0959. The SMILES string of the molecule is O=C(N/N=C/c1ccc(Br)cc1O)c1ccc(Br)s1. The molecule has 2 rings (SSSR count). The molecule has 0 bridgehead atoms. The van der Waals surface area contributed by atoms with E-state index in [9.17, 15) is 9.90 Å². The first-order chi connectivity index (χ1) is 9.06. The predicted octanol–water partition coefficient (Wildman–Crippen LogP) is 3.74. The van der Waals surface area contributed by atoms with Crippen molar-refractivity contribution < 1.29 is 9.90 Å². The van der Waals surface area contributed by atoms with Crippen LogP contribution in [0.5, 0.6) is 5.75 Å². The molecule has 0 unspecified atom stereocenters. The third-order valence-electron chi connectivity index (χ3n) is 2.16. The Hall–Kier alpha value is -1.18. The number of halogens is 2. The monoisotopic (exact) mass is 402 g/mol. The van der Waals surface area contributed by atoms with Crippen LogP contribution in [-0.4, -0.2) is 17.2 Å². The number of hydrogen-bond donors (Lipinski definition) is 2. The van der Waals surface area contributed by atoms with E-state index in [1.807, 2.05) is 0 Å². The van der Waals surface area contributed by atoms with Crippen LogP contribution >= 0.6 is 43.2 Å². The fourth-order valence-electron chi connectivity index (χ4n) is 1.28. The van der Waals surface area contributed by atoms with Gasteiger partial charge in [-0.15, -0.1) is 11.3 Å². The summed E-state index contributed by atoms with van der Waals surface area (Å²) in [5.41, 5.74) is 2.92. The lowest BCUT2D eigenvalue weighted by Gasteiger charge is -1.99. The number of phenolic OH excluding ortho intramolecular Hbond substituents is 1. The fourth-order valence-corrected chi connectivity index (χ4v) is 2.90. The van der Waals surface area contributed by atoms with Gasteiger partial charge in [0.25, 0.3) is 5.91 Å². The highest BCUT2D eigenvalue weighted by molar-refractivity contribution is 9.11. The van der Waals surface area contributed by atoms with Crippen LogP contribution in [0.2, 0.25) is 0 Å². The van der Waals surface area contributed by atoms with E-state index in [1.165, 1.54) is 17.6 Å². The third kappa shape index (κ3) is 3.89. The van der Waals surface area contributed by atoms with Gasteiger partial charge in [0.15, 0.2) is 0 Å². The van der Waals surface area contributed by atoms with Crippen LogP contribution < -0.4 is 5.43 Å². The molecule has 2 aromatic rings. The number of nitrogens with one attached hydrogen (secondary N) is 1. The van der Waals surface area contributed by atoms with Crippen LogP contribution in [0, 0.1) is 0 Å². The van der Waals surface area contributed by atoms with E-state index in [0.717, 1.165) is 8.26 Å². The van der Waals surface area contributed by atoms with E-state index in [2.05, 4.69) is 42.4 Å². The molecule has 98 valence electrons. The quantitative estimate of drug-likeness (QED) is 0.605. The number of thiophene rings is 1. The first-order valence-electron chi connectivity index (χ1n) is 5.13. The predicted molar refractivity (Wildman–Crippen MR) is 82.9 cm³/mol. The van der Waals surface area contributed by atoms with Gasteiger partial charge >= 0.3 is 0 Å². The molecular weight excluding hydrogens is 396 g/mol. The number of rotatable bonds is 3. The van der Waals surface area contributed by atoms with Gasteiger partial charge in [-0.1, -0.05) is 15.9 Å². The van der Waals surface area contributed by atoms with Gasteiger partial charge in [0.05, 0.1) is 14.9 Å². The summed E-state index contributed by atoms with van der Waals surface area (Å²) in [5, 5.41) is 13.4. The molecular formula is C12H8Br2N2O2S. The summed E-state index contributed by atoms with van der Waals surface area (Å²) in [4.78, 5) is 12.2. The average molecular weight is 404 g/mol. The zero-order valence-electron chi connectivity index (χ0n) is 9.43. The highest BCUT2D eigenvalue weighted by Crippen LogP contribution is 2.22. The van der Waals surface area contributed by atoms with Gasteiger partial charge < -0.3 is 5.11 Å². The van der Waals surface area contributed by atoms with Gasteiger partial charge in [0.2, 0.25) is 0 Å². The first-order valence-corrected chi connectivity index (χ1v) is 7.54. The molecule has 1 heterocycles. The van der Waals surface area contributed by atoms with Gasteiger partial charge in [0.1, 0.15) is 5.75 Å². The molecule has 0 saturated heterocycles. The number of aromatic hydroxyl groups is 1. The molecule has 0 radical (unpaired) electrons. The Bertz CT molecular complexity index is 640. The molecule has 7 heteroatoms. The molecule has 0 saturated carbocycles. The number of amides is 1. The van der Waals surface area contributed by atoms with Crippen LogP contribution in [0.1, 0.15) is 15.2 Å². The minimum Gasteiger partial charge on any atom is -0.507 e. The summed E-state index contributed by atoms with van der Waals surface area (Å²) >= 11 is 7.85. The van der Waals surface area contributed by atoms with Crippen molar-refractivity contribution in [1.29, 1.82) is 0 Å². The van der Waals surface area contributed by atoms with Gasteiger partial charge in [-0.3, -0.25) is 4.79 Å². The second kappa shape index (κ2) is 6.31. The normalized spacial score (nSPS) is 10.8. The lowest BCUT2D eigenvalue weighted by atomic mass is 10.2. The first kappa shape index (κ1) is 14.2. The zero-order valence-corrected chi connectivity index (χ0v) is 13.4. The number of hydrazone groups is 1. The van der Waals surface area contributed by atoms with Crippen LogP contribution in [0.15, 0.2) is 43.7 Å². The minimum absolute atomic E-state index is 0.0891. The van der Waals surface area contributed by atoms with Crippen molar-refractivity contribution in [2.75, 3.05) is 0 Å². The van der Waals surface area contributed by atoms with Crippen LogP contribution in [0.3, 0.4) is 0 Å². The molecule has 1 aromatic carbocycles. The Labute approximate surface area is 130 Å². The Morgan fingerprint density at radius 3 is 2.74 bits per heavy atom. The number of phenols is 1. The molecule has 0 spiro atoms. The Balaban J connectivity index is 2.02. The molecule has 2 N–H and O–H groups in total. The second-order valence-electron chi connectivity index (χ2n) is 3.51. The lowest BCUT2D eigenvalue weighted by Crippen LogP contribution is -2.16. The maximum Gasteiger partial charge on any atom is 0.281 e. The summed E-state index contributed by atoms with van der Waals surface area (Å²) in [6.45, 7) is 0. The van der Waals surface area contributed by atoms with E-state index < -0.39 is 0 Å². The highest BCUT2D eigenvalue weighted by atomic mass is 79.9. The largest absolute Gasteiger partial charge is 0.507 e. The van der Waals surface area contributed by atoms with Gasteiger partial charge in [0, 0.05) is 10.0 Å². The average Bonchev–Trinajstić information content (AvgIpc) is 2.78. The standard InChI is InChI=1S/C12H8Br2N2O2S/c13-8-2-1-7(9(17)5-8)6-15-16-12(18)10-3-4-11(14)19-10/h1-6,17H,(H,16,18)/b15-6+. The minimum atomic E-state index is -0.288. The molecule has 1 amide bonds. The summed E-state index contributed by atoms with van der Waals surface area (Å²) in [6, 6.07) is 8.52. The Morgan fingerprint density at radius 2 is 2.11 bits per heavy atom. The molecule has 1 aromatic heterocycles. The number of carbonyl (C=O) groups is 1. The van der Waals surface area contributed by atoms with Crippen LogP contribution in [0.4, 0.5) is 0 Å². The number of benzene rings is 1. The number of carbonyl (C=O) groups excluding carboxylic acids is 1. The topological polar surface area (TPSA) is 61.7 Å². The van der Waals surface area contributed by atoms with Crippen molar-refractivity contribution in [2.24, 2.45) is 5.10 Å². The molecule has 0 fully saturated rings. The van der Waals surface area contributed by atoms with E-state index in [1.54, 1.807) is 30.3 Å². The van der Waals surface area contributed by atoms with Crippen molar-refractivity contribution in [1.82, 2.24) is 5.43 Å². The Kier molecular flexibility index (Phi) is 4.73. The molecule has 0 aliphatic rings. The third-order valence-corrected chi connectivity index (χ3v) is 4.27. The molecule has 0 aliphatic heterocycles. The van der Waals surface area contributed by atoms with Crippen molar-refractivity contribution in [3.63, 3.8) is 0 Å². The summed E-state index contributed by atoms with van der Waals surface area (Å²) < 4.78 is 1.65. The number of hydrogen-bond acceptors (Lipinski definition) is 4. The van der Waals surface area contributed by atoms with E-state index >= 15 is 0 Å². The van der Waals surface area contributed by atoms with Crippen molar-refractivity contribution in [2.45, 2.75) is 0 Å². The second-order valence-corrected chi connectivity index (χ2v) is 6.88. The van der Waals surface area contributed by atoms with Gasteiger partial charge in [-0.2, -0.15) is 5.10 Å². The van der Waals surface area contributed by atoms with Crippen molar-refractivity contribution in [3.8, 4) is 5.75 Å². The van der Waals surface area contributed by atoms with Gasteiger partial charge in [-0.25, -0.2) is 5.43 Å². The van der Waals surface area contributed by atoms with E-state index in [0.29, 0.717) is 10.4 Å². The summed E-state index contributed by atoms with van der Waals surface area (Å²) in [6.07, 6.45) is 1.39. The van der Waals surface area contributed by atoms with Crippen molar-refractivity contribution in [3.05, 3.63) is 49.0 Å². The van der Waals surface area contributed by atoms with E-state index in [-0.39, 0.29) is 11.7 Å². The zero-order chi connectivity index (χ0) is 13.8. The molecule has 19 heavy (non-hydrogen) atoms. The van der Waals surface area contributed by atoms with Crippen LogP contribution in [0.25, 0.3) is 0 Å². The molecule has 4 nitrogen and oxygen atoms in total. The maximum absolute atomic E-state index is 11.7. The number of nitrogens with zero attached hydrogens (tertiary/aromatic N) is 1. The van der Waals surface area contributed by atoms with Crippen molar-refractivity contribution >= 4 is 55.3 Å². The molecule has 0 aliphatic carbocycles. The Morgan fingerprint density at radius 1 is 1.32 bits per heavy atom.